The Hall–Kier alpha value is -2.04. The van der Waals surface area contributed by atoms with E-state index in [0.29, 0.717) is 6.42 Å². The molecule has 0 aliphatic carbocycles. The molecule has 0 radical (unpaired) electrons. The Labute approximate surface area is 144 Å². The second-order valence-electron chi connectivity index (χ2n) is 6.98. The van der Waals surface area contributed by atoms with Gasteiger partial charge in [-0.05, 0) is 45.6 Å². The summed E-state index contributed by atoms with van der Waals surface area (Å²) in [5, 5.41) is 11.6. The Bertz CT molecular complexity index is 508. The number of aliphatic carboxylic acids is 1. The molecule has 1 atom stereocenters. The van der Waals surface area contributed by atoms with Gasteiger partial charge in [0.25, 0.3) is 0 Å². The van der Waals surface area contributed by atoms with Crippen LogP contribution in [0, 0.1) is 0 Å². The average Bonchev–Trinajstić information content (AvgIpc) is 2.48. The molecule has 0 fully saturated rings. The highest BCUT2D eigenvalue weighted by Crippen LogP contribution is 2.11. The zero-order valence-electron chi connectivity index (χ0n) is 14.9. The van der Waals surface area contributed by atoms with E-state index in [0.717, 1.165) is 32.1 Å². The van der Waals surface area contributed by atoms with Gasteiger partial charge in [0.05, 0.1) is 0 Å². The summed E-state index contributed by atoms with van der Waals surface area (Å²) in [4.78, 5) is 22.9. The fourth-order valence-electron chi connectivity index (χ4n) is 2.38. The van der Waals surface area contributed by atoms with Crippen molar-refractivity contribution < 1.29 is 19.4 Å². The zero-order chi connectivity index (χ0) is 18.0. The summed E-state index contributed by atoms with van der Waals surface area (Å²) in [6.07, 6.45) is 4.63. The number of rotatable bonds is 9. The average molecular weight is 335 g/mol. The van der Waals surface area contributed by atoms with Gasteiger partial charge in [0.2, 0.25) is 0 Å². The van der Waals surface area contributed by atoms with E-state index in [2.05, 4.69) is 17.4 Å². The molecule has 0 unspecified atom stereocenters. The summed E-state index contributed by atoms with van der Waals surface area (Å²) in [5.74, 6) is -1.02. The maximum atomic E-state index is 11.7. The van der Waals surface area contributed by atoms with Crippen LogP contribution in [-0.2, 0) is 16.0 Å². The van der Waals surface area contributed by atoms with Crippen LogP contribution >= 0.6 is 0 Å². The van der Waals surface area contributed by atoms with Crippen LogP contribution < -0.4 is 5.32 Å². The third-order valence-electron chi connectivity index (χ3n) is 3.54. The van der Waals surface area contributed by atoms with Gasteiger partial charge >= 0.3 is 12.1 Å². The lowest BCUT2D eigenvalue weighted by Crippen LogP contribution is -2.43. The SMILES string of the molecule is CC(C)(C)OC(=O)N[C@H](CCCCCCc1ccccc1)C(=O)O. The van der Waals surface area contributed by atoms with Crippen molar-refractivity contribution in [3.05, 3.63) is 35.9 Å². The van der Waals surface area contributed by atoms with E-state index >= 15 is 0 Å². The molecular formula is C19H29NO4. The largest absolute Gasteiger partial charge is 0.480 e. The standard InChI is InChI=1S/C19H29NO4/c1-19(2,3)24-18(23)20-16(17(21)22)14-10-5-4-7-11-15-12-8-6-9-13-15/h6,8-9,12-13,16H,4-5,7,10-11,14H2,1-3H3,(H,20,23)(H,21,22)/t16-/m1/s1. The summed E-state index contributed by atoms with van der Waals surface area (Å²) in [6, 6.07) is 9.42. The quantitative estimate of drug-likeness (QED) is 0.665. The Kier molecular flexibility index (Phi) is 8.30. The normalized spacial score (nSPS) is 12.5. The molecule has 0 heterocycles. The summed E-state index contributed by atoms with van der Waals surface area (Å²) >= 11 is 0. The van der Waals surface area contributed by atoms with Crippen LogP contribution in [0.25, 0.3) is 0 Å². The van der Waals surface area contributed by atoms with E-state index < -0.39 is 23.7 Å². The number of carboxylic acids is 1. The summed E-state index contributed by atoms with van der Waals surface area (Å²) in [6.45, 7) is 5.24. The number of alkyl carbamates (subject to hydrolysis) is 1. The Balaban J connectivity index is 2.22. The zero-order valence-corrected chi connectivity index (χ0v) is 14.9. The van der Waals surface area contributed by atoms with Crippen LogP contribution in [0.5, 0.6) is 0 Å². The first-order valence-corrected chi connectivity index (χ1v) is 8.54. The number of nitrogens with one attached hydrogen (secondary N) is 1. The first-order chi connectivity index (χ1) is 11.3. The molecule has 0 spiro atoms. The highest BCUT2D eigenvalue weighted by atomic mass is 16.6. The summed E-state index contributed by atoms with van der Waals surface area (Å²) < 4.78 is 5.10. The van der Waals surface area contributed by atoms with Crippen molar-refractivity contribution in [2.45, 2.75) is 70.9 Å². The highest BCUT2D eigenvalue weighted by molar-refractivity contribution is 5.79. The molecule has 1 amide bonds. The molecule has 24 heavy (non-hydrogen) atoms. The Morgan fingerprint density at radius 1 is 1.08 bits per heavy atom. The number of unbranched alkanes of at least 4 members (excludes halogenated alkanes) is 3. The van der Waals surface area contributed by atoms with Crippen LogP contribution in [0.15, 0.2) is 30.3 Å². The van der Waals surface area contributed by atoms with Crippen LogP contribution in [0.3, 0.4) is 0 Å². The molecule has 2 N–H and O–H groups in total. The van der Waals surface area contributed by atoms with Crippen molar-refractivity contribution in [1.82, 2.24) is 5.32 Å². The first kappa shape index (κ1) is 20.0. The van der Waals surface area contributed by atoms with E-state index in [1.54, 1.807) is 20.8 Å². The second-order valence-corrected chi connectivity index (χ2v) is 6.98. The molecule has 1 aromatic rings. The molecule has 5 heteroatoms. The van der Waals surface area contributed by atoms with Crippen molar-refractivity contribution in [2.75, 3.05) is 0 Å². The minimum Gasteiger partial charge on any atom is -0.480 e. The molecule has 0 saturated heterocycles. The fourth-order valence-corrected chi connectivity index (χ4v) is 2.38. The molecular weight excluding hydrogens is 306 g/mol. The van der Waals surface area contributed by atoms with E-state index in [9.17, 15) is 14.7 Å². The van der Waals surface area contributed by atoms with Gasteiger partial charge in [-0.2, -0.15) is 0 Å². The molecule has 0 aliphatic rings. The number of ether oxygens (including phenoxy) is 1. The number of carbonyl (C=O) groups excluding carboxylic acids is 1. The van der Waals surface area contributed by atoms with Crippen molar-refractivity contribution in [3.63, 3.8) is 0 Å². The maximum absolute atomic E-state index is 11.7. The highest BCUT2D eigenvalue weighted by Gasteiger charge is 2.23. The van der Waals surface area contributed by atoms with Gasteiger partial charge in [0.15, 0.2) is 0 Å². The number of carbonyl (C=O) groups is 2. The predicted molar refractivity (Wildman–Crippen MR) is 94.0 cm³/mol. The molecule has 0 bridgehead atoms. The smallest absolute Gasteiger partial charge is 0.408 e. The third-order valence-corrected chi connectivity index (χ3v) is 3.54. The predicted octanol–water partition coefficient (Wildman–Crippen LogP) is 4.16. The number of aryl methyl sites for hydroxylation is 1. The minimum atomic E-state index is -1.02. The van der Waals surface area contributed by atoms with Gasteiger partial charge in [-0.25, -0.2) is 9.59 Å². The van der Waals surface area contributed by atoms with Crippen molar-refractivity contribution in [3.8, 4) is 0 Å². The second kappa shape index (κ2) is 9.96. The molecule has 5 nitrogen and oxygen atoms in total. The minimum absolute atomic E-state index is 0.417. The van der Waals surface area contributed by atoms with Crippen LogP contribution in [0.2, 0.25) is 0 Å². The first-order valence-electron chi connectivity index (χ1n) is 8.54. The topological polar surface area (TPSA) is 75.6 Å². The molecule has 1 aromatic carbocycles. The third kappa shape index (κ3) is 9.18. The van der Waals surface area contributed by atoms with Gasteiger partial charge in [0.1, 0.15) is 11.6 Å². The van der Waals surface area contributed by atoms with Gasteiger partial charge < -0.3 is 15.2 Å². The van der Waals surface area contributed by atoms with E-state index in [4.69, 9.17) is 4.74 Å². The number of hydrogen-bond acceptors (Lipinski definition) is 3. The van der Waals surface area contributed by atoms with E-state index in [1.807, 2.05) is 18.2 Å². The van der Waals surface area contributed by atoms with Crippen molar-refractivity contribution >= 4 is 12.1 Å². The van der Waals surface area contributed by atoms with E-state index in [1.165, 1.54) is 5.56 Å². The fraction of sp³-hybridized carbons (Fsp3) is 0.579. The molecule has 1 rings (SSSR count). The molecule has 0 saturated carbocycles. The maximum Gasteiger partial charge on any atom is 0.408 e. The lowest BCUT2D eigenvalue weighted by atomic mass is 10.0. The summed E-state index contributed by atoms with van der Waals surface area (Å²) in [5.41, 5.74) is 0.692. The summed E-state index contributed by atoms with van der Waals surface area (Å²) in [7, 11) is 0. The Morgan fingerprint density at radius 2 is 1.71 bits per heavy atom. The lowest BCUT2D eigenvalue weighted by Gasteiger charge is -2.22. The monoisotopic (exact) mass is 335 g/mol. The number of hydrogen-bond donors (Lipinski definition) is 2. The van der Waals surface area contributed by atoms with Crippen LogP contribution in [0.1, 0.15) is 58.4 Å². The number of carboxylic acid groups (broad SMARTS) is 1. The van der Waals surface area contributed by atoms with Gasteiger partial charge in [-0.15, -0.1) is 0 Å². The van der Waals surface area contributed by atoms with Crippen LogP contribution in [0.4, 0.5) is 4.79 Å². The van der Waals surface area contributed by atoms with E-state index in [-0.39, 0.29) is 0 Å². The van der Waals surface area contributed by atoms with Gasteiger partial charge in [-0.1, -0.05) is 49.6 Å². The number of amides is 1. The number of benzene rings is 1. The molecule has 0 aromatic heterocycles. The van der Waals surface area contributed by atoms with Crippen LogP contribution in [-0.4, -0.2) is 28.8 Å². The molecule has 134 valence electrons. The molecule has 0 aliphatic heterocycles. The van der Waals surface area contributed by atoms with Crippen molar-refractivity contribution in [1.29, 1.82) is 0 Å². The Morgan fingerprint density at radius 3 is 2.29 bits per heavy atom. The van der Waals surface area contributed by atoms with Gasteiger partial charge in [0, 0.05) is 0 Å². The lowest BCUT2D eigenvalue weighted by molar-refractivity contribution is -0.139. The van der Waals surface area contributed by atoms with Gasteiger partial charge in [-0.3, -0.25) is 0 Å². The van der Waals surface area contributed by atoms with Crippen molar-refractivity contribution in [2.24, 2.45) is 0 Å².